The molecule has 1 aromatic heterocycles. The van der Waals surface area contributed by atoms with Gasteiger partial charge in [0.05, 0.1) is 10.5 Å². The minimum Gasteiger partial charge on any atom is -0.369 e. The molecule has 10 heteroatoms. The van der Waals surface area contributed by atoms with Crippen LogP contribution in [0.3, 0.4) is 0 Å². The summed E-state index contributed by atoms with van der Waals surface area (Å²) in [6.07, 6.45) is 3.24. The fraction of sp³-hybridized carbons (Fsp3) is 0.650. The monoisotopic (exact) mass is 436 g/mol. The molecule has 9 nitrogen and oxygen atoms in total. The molecule has 2 saturated heterocycles. The molecule has 0 saturated carbocycles. The predicted octanol–water partition coefficient (Wildman–Crippen LogP) is 0.368. The number of rotatable bonds is 4. The molecule has 0 unspecified atom stereocenters. The molecule has 166 valence electrons. The number of sulfone groups is 1. The molecule has 3 rings (SSSR count). The third-order valence-corrected chi connectivity index (χ3v) is 8.59. The van der Waals surface area contributed by atoms with E-state index in [9.17, 15) is 13.2 Å². The van der Waals surface area contributed by atoms with Crippen LogP contribution in [0.25, 0.3) is 0 Å². The number of primary amides is 1. The van der Waals surface area contributed by atoms with Crippen molar-refractivity contribution >= 4 is 27.5 Å². The van der Waals surface area contributed by atoms with Crippen molar-refractivity contribution in [1.29, 1.82) is 0 Å². The Bertz CT molecular complexity index is 907. The number of guanidine groups is 1. The second-order valence-electron chi connectivity index (χ2n) is 8.55. The summed E-state index contributed by atoms with van der Waals surface area (Å²) in [6, 6.07) is 3.92. The van der Waals surface area contributed by atoms with E-state index in [4.69, 9.17) is 5.73 Å². The van der Waals surface area contributed by atoms with E-state index in [0.717, 1.165) is 37.3 Å². The van der Waals surface area contributed by atoms with E-state index in [2.05, 4.69) is 20.2 Å². The van der Waals surface area contributed by atoms with Crippen molar-refractivity contribution in [2.45, 2.75) is 38.0 Å². The zero-order valence-corrected chi connectivity index (χ0v) is 18.8. The first-order valence-electron chi connectivity index (χ1n) is 10.3. The quantitative estimate of drug-likeness (QED) is 0.517. The smallest absolute Gasteiger partial charge is 0.220 e. The summed E-state index contributed by atoms with van der Waals surface area (Å²) in [5, 5.41) is 3.37. The van der Waals surface area contributed by atoms with E-state index in [1.54, 1.807) is 27.1 Å². The topological polar surface area (TPSA) is 121 Å². The van der Waals surface area contributed by atoms with Crippen molar-refractivity contribution in [2.75, 3.05) is 43.9 Å². The number of anilines is 1. The Hall–Kier alpha value is -2.36. The van der Waals surface area contributed by atoms with Gasteiger partial charge in [-0.15, -0.1) is 0 Å². The fourth-order valence-electron chi connectivity index (χ4n) is 4.06. The van der Waals surface area contributed by atoms with Gasteiger partial charge in [-0.3, -0.25) is 9.79 Å². The normalized spacial score (nSPS) is 22.0. The molecule has 1 amide bonds. The summed E-state index contributed by atoms with van der Waals surface area (Å²) in [5.74, 6) is 1.40. The van der Waals surface area contributed by atoms with Crippen LogP contribution in [-0.2, 0) is 21.2 Å². The molecule has 2 aliphatic rings. The molecule has 2 aliphatic heterocycles. The Balaban J connectivity index is 1.67. The number of pyridine rings is 1. The molecule has 0 aromatic carbocycles. The lowest BCUT2D eigenvalue weighted by molar-refractivity contribution is -0.122. The van der Waals surface area contributed by atoms with Crippen LogP contribution in [0.4, 0.5) is 5.82 Å². The van der Waals surface area contributed by atoms with Crippen molar-refractivity contribution in [2.24, 2.45) is 16.6 Å². The number of piperidine rings is 1. The summed E-state index contributed by atoms with van der Waals surface area (Å²) in [4.78, 5) is 24.6. The van der Waals surface area contributed by atoms with Gasteiger partial charge < -0.3 is 20.9 Å². The summed E-state index contributed by atoms with van der Waals surface area (Å²) in [7, 11) is -1.40. The highest BCUT2D eigenvalue weighted by molar-refractivity contribution is 7.92. The van der Waals surface area contributed by atoms with E-state index >= 15 is 0 Å². The van der Waals surface area contributed by atoms with Crippen LogP contribution in [-0.4, -0.2) is 73.9 Å². The maximum absolute atomic E-state index is 12.3. The highest BCUT2D eigenvalue weighted by Crippen LogP contribution is 2.26. The van der Waals surface area contributed by atoms with Gasteiger partial charge in [0.15, 0.2) is 15.8 Å². The number of hydrogen-bond acceptors (Lipinski definition) is 6. The first kappa shape index (κ1) is 22.3. The van der Waals surface area contributed by atoms with Gasteiger partial charge in [-0.1, -0.05) is 6.07 Å². The van der Waals surface area contributed by atoms with Crippen molar-refractivity contribution in [3.63, 3.8) is 0 Å². The van der Waals surface area contributed by atoms with Crippen LogP contribution in [0.5, 0.6) is 0 Å². The second kappa shape index (κ2) is 8.79. The first-order valence-corrected chi connectivity index (χ1v) is 12.0. The van der Waals surface area contributed by atoms with Gasteiger partial charge in [-0.25, -0.2) is 13.4 Å². The molecular formula is C20H32N6O3S. The largest absolute Gasteiger partial charge is 0.369 e. The predicted molar refractivity (Wildman–Crippen MR) is 118 cm³/mol. The molecule has 2 fully saturated rings. The van der Waals surface area contributed by atoms with Gasteiger partial charge >= 0.3 is 0 Å². The highest BCUT2D eigenvalue weighted by Gasteiger charge is 2.41. The van der Waals surface area contributed by atoms with Crippen LogP contribution >= 0.6 is 0 Å². The number of nitrogens with two attached hydrogens (primary N) is 1. The molecular weight excluding hydrogens is 404 g/mol. The SMILES string of the molecule is CN=C(NCc1cccnc1N1CCC(C(N)=O)CC1)N1CCS(=O)(=O)C(C)(C)C1. The number of carbonyl (C=O) groups is 1. The standard InChI is InChI=1S/C20H32N6O3S/c1-20(2)14-26(11-12-30(20,28)29)19(22-3)24-13-16-5-4-8-23-18(16)25-9-6-15(7-10-25)17(21)27/h4-5,8,15H,6-7,9-14H2,1-3H3,(H2,21,27)(H,22,24). The summed E-state index contributed by atoms with van der Waals surface area (Å²) in [6.45, 7) is 6.35. The number of carbonyl (C=O) groups excluding carboxylic acids is 1. The molecule has 0 aliphatic carbocycles. The molecule has 3 heterocycles. The van der Waals surface area contributed by atoms with Gasteiger partial charge in [0, 0.05) is 57.4 Å². The minimum atomic E-state index is -3.11. The summed E-state index contributed by atoms with van der Waals surface area (Å²) >= 11 is 0. The summed E-state index contributed by atoms with van der Waals surface area (Å²) < 4.78 is 23.8. The van der Waals surface area contributed by atoms with Gasteiger partial charge in [-0.2, -0.15) is 0 Å². The molecule has 0 atom stereocenters. The van der Waals surface area contributed by atoms with Crippen molar-refractivity contribution < 1.29 is 13.2 Å². The molecule has 1 aromatic rings. The Morgan fingerprint density at radius 1 is 1.33 bits per heavy atom. The Labute approximate surface area is 178 Å². The third kappa shape index (κ3) is 4.69. The molecule has 0 spiro atoms. The van der Waals surface area contributed by atoms with Gasteiger partial charge in [0.1, 0.15) is 5.82 Å². The third-order valence-electron chi connectivity index (χ3n) is 6.06. The lowest BCUT2D eigenvalue weighted by Gasteiger charge is -2.39. The Kier molecular flexibility index (Phi) is 6.54. The lowest BCUT2D eigenvalue weighted by Crippen LogP contribution is -2.57. The van der Waals surface area contributed by atoms with E-state index in [1.165, 1.54) is 0 Å². The van der Waals surface area contributed by atoms with E-state index in [1.807, 2.05) is 17.0 Å². The average Bonchev–Trinajstić information content (AvgIpc) is 2.71. The van der Waals surface area contributed by atoms with Gasteiger partial charge in [0.2, 0.25) is 5.91 Å². The second-order valence-corrected chi connectivity index (χ2v) is 11.3. The number of hydrogen-bond donors (Lipinski definition) is 2. The van der Waals surface area contributed by atoms with Crippen molar-refractivity contribution in [3.05, 3.63) is 23.9 Å². The Morgan fingerprint density at radius 2 is 2.03 bits per heavy atom. The zero-order chi connectivity index (χ0) is 21.9. The van der Waals surface area contributed by atoms with Crippen molar-refractivity contribution in [1.82, 2.24) is 15.2 Å². The fourth-order valence-corrected chi connectivity index (χ4v) is 5.43. The van der Waals surface area contributed by atoms with E-state index in [-0.39, 0.29) is 17.6 Å². The van der Waals surface area contributed by atoms with Gasteiger partial charge in [-0.05, 0) is 32.8 Å². The number of nitrogens with one attached hydrogen (secondary N) is 1. The van der Waals surface area contributed by atoms with Crippen LogP contribution in [0.1, 0.15) is 32.3 Å². The number of nitrogens with zero attached hydrogens (tertiary/aromatic N) is 4. The first-order chi connectivity index (χ1) is 14.1. The van der Waals surface area contributed by atoms with Crippen LogP contribution in [0.2, 0.25) is 0 Å². The van der Waals surface area contributed by atoms with Crippen LogP contribution in [0, 0.1) is 5.92 Å². The molecule has 0 bridgehead atoms. The minimum absolute atomic E-state index is 0.0656. The molecule has 30 heavy (non-hydrogen) atoms. The maximum Gasteiger partial charge on any atom is 0.220 e. The Morgan fingerprint density at radius 3 is 2.63 bits per heavy atom. The highest BCUT2D eigenvalue weighted by atomic mass is 32.2. The number of aliphatic imine (C=N–C) groups is 1. The average molecular weight is 437 g/mol. The van der Waals surface area contributed by atoms with Gasteiger partial charge in [0.25, 0.3) is 0 Å². The van der Waals surface area contributed by atoms with E-state index < -0.39 is 14.6 Å². The molecule has 0 radical (unpaired) electrons. The lowest BCUT2D eigenvalue weighted by atomic mass is 9.96. The number of aromatic nitrogens is 1. The van der Waals surface area contributed by atoms with E-state index in [0.29, 0.717) is 25.6 Å². The van der Waals surface area contributed by atoms with Crippen molar-refractivity contribution in [3.8, 4) is 0 Å². The summed E-state index contributed by atoms with van der Waals surface area (Å²) in [5.41, 5.74) is 6.47. The van der Waals surface area contributed by atoms with Crippen LogP contribution < -0.4 is 16.0 Å². The number of amides is 1. The zero-order valence-electron chi connectivity index (χ0n) is 18.0. The molecule has 3 N–H and O–H groups in total. The maximum atomic E-state index is 12.3. The van der Waals surface area contributed by atoms with Crippen LogP contribution in [0.15, 0.2) is 23.3 Å².